The minimum Gasteiger partial charge on any atom is -0.458 e. The summed E-state index contributed by atoms with van der Waals surface area (Å²) in [6, 6.07) is 87.6. The smallest absolute Gasteiger partial charge is 0.188 e. The molecule has 0 amide bonds. The second kappa shape index (κ2) is 13.9. The Labute approximate surface area is 342 Å². The summed E-state index contributed by atoms with van der Waals surface area (Å²) >= 11 is 0. The molecule has 0 aliphatic carbocycles. The fourth-order valence-corrected chi connectivity index (χ4v) is 22.2. The van der Waals surface area contributed by atoms with Crippen LogP contribution in [0, 0.1) is 0 Å². The van der Waals surface area contributed by atoms with Crippen LogP contribution in [0.2, 0.25) is 0 Å². The average Bonchev–Trinajstić information content (AvgIpc) is 3.31. The predicted octanol–water partition coefficient (Wildman–Crippen LogP) is 8.00. The van der Waals surface area contributed by atoms with Crippen molar-refractivity contribution in [3.8, 4) is 22.6 Å². The number of para-hydroxylation sites is 2. The van der Waals surface area contributed by atoms with Crippen molar-refractivity contribution in [1.29, 1.82) is 0 Å². The summed E-state index contributed by atoms with van der Waals surface area (Å²) in [6.45, 7) is 0. The van der Waals surface area contributed by atoms with Gasteiger partial charge in [0.2, 0.25) is 0 Å². The zero-order valence-corrected chi connectivity index (χ0v) is 33.9. The minimum absolute atomic E-state index is 0.930. The Balaban J connectivity index is 1.21. The second-order valence-electron chi connectivity index (χ2n) is 15.2. The molecule has 0 saturated heterocycles. The molecule has 0 radical (unpaired) electrons. The van der Waals surface area contributed by atoms with Crippen LogP contribution in [0.25, 0.3) is 11.1 Å². The molecule has 58 heavy (non-hydrogen) atoms. The van der Waals surface area contributed by atoms with Gasteiger partial charge in [-0.1, -0.05) is 188 Å². The molecule has 0 fully saturated rings. The second-order valence-corrected chi connectivity index (χ2v) is 22.6. The third-order valence-electron chi connectivity index (χ3n) is 12.3. The maximum atomic E-state index is 6.99. The van der Waals surface area contributed by atoms with Crippen molar-refractivity contribution in [3.05, 3.63) is 237 Å². The Morgan fingerprint density at radius 1 is 0.276 bits per heavy atom. The summed E-state index contributed by atoms with van der Waals surface area (Å²) in [5.74, 6) is 1.88. The molecule has 0 atom stereocenters. The van der Waals surface area contributed by atoms with Crippen LogP contribution in [0.15, 0.2) is 237 Å². The largest absolute Gasteiger partial charge is 0.458 e. The molecule has 2 nitrogen and oxygen atoms in total. The third-order valence-corrected chi connectivity index (χ3v) is 22.6. The van der Waals surface area contributed by atoms with Gasteiger partial charge in [-0.3, -0.25) is 0 Å². The van der Waals surface area contributed by atoms with Crippen molar-refractivity contribution in [2.45, 2.75) is 0 Å². The van der Waals surface area contributed by atoms with Crippen molar-refractivity contribution < 1.29 is 4.74 Å². The van der Waals surface area contributed by atoms with Gasteiger partial charge in [0.05, 0.1) is 0 Å². The molecule has 4 heteroatoms. The summed E-state index contributed by atoms with van der Waals surface area (Å²) in [5.41, 5.74) is 5.70. The molecular weight excluding hydrogens is 735 g/mol. The molecule has 9 aromatic rings. The summed E-state index contributed by atoms with van der Waals surface area (Å²) in [4.78, 5) is 2.39. The van der Waals surface area contributed by atoms with Gasteiger partial charge >= 0.3 is 0 Å². The molecule has 2 aliphatic heterocycles. The van der Waals surface area contributed by atoms with E-state index in [-0.39, 0.29) is 0 Å². The number of fused-ring (bicyclic) bond motifs is 8. The molecule has 0 aromatic heterocycles. The number of nitrogens with zero attached hydrogens (tertiary/aromatic N) is 1. The van der Waals surface area contributed by atoms with Crippen LogP contribution < -0.4 is 51.1 Å². The van der Waals surface area contributed by atoms with Crippen LogP contribution in [0.1, 0.15) is 0 Å². The van der Waals surface area contributed by atoms with Crippen molar-refractivity contribution in [2.75, 3.05) is 4.90 Å². The first-order chi connectivity index (χ1) is 28.8. The van der Waals surface area contributed by atoms with Crippen molar-refractivity contribution in [2.24, 2.45) is 0 Å². The number of rotatable bonds is 6. The van der Waals surface area contributed by atoms with Crippen LogP contribution in [-0.4, -0.2) is 16.1 Å². The number of ether oxygens (including phenoxy) is 1. The first-order valence-corrected chi connectivity index (χ1v) is 24.0. The van der Waals surface area contributed by atoms with E-state index in [2.05, 4.69) is 241 Å². The van der Waals surface area contributed by atoms with E-state index in [0.717, 1.165) is 28.6 Å². The lowest BCUT2D eigenvalue weighted by Gasteiger charge is -2.50. The zero-order chi connectivity index (χ0) is 38.5. The molecule has 0 bridgehead atoms. The van der Waals surface area contributed by atoms with Crippen LogP contribution >= 0.6 is 0 Å². The molecular formula is C54H39NOSi2. The predicted molar refractivity (Wildman–Crippen MR) is 247 cm³/mol. The van der Waals surface area contributed by atoms with Gasteiger partial charge in [0.15, 0.2) is 16.1 Å². The Morgan fingerprint density at radius 2 is 0.672 bits per heavy atom. The highest BCUT2D eigenvalue weighted by Gasteiger charge is 2.59. The van der Waals surface area contributed by atoms with E-state index < -0.39 is 16.1 Å². The maximum absolute atomic E-state index is 6.99. The molecule has 11 rings (SSSR count). The van der Waals surface area contributed by atoms with Gasteiger partial charge in [-0.2, -0.15) is 0 Å². The molecule has 2 aliphatic rings. The molecule has 0 unspecified atom stereocenters. The lowest BCUT2D eigenvalue weighted by molar-refractivity contribution is 0.487. The highest BCUT2D eigenvalue weighted by atomic mass is 28.3. The lowest BCUT2D eigenvalue weighted by Crippen LogP contribution is -2.93. The van der Waals surface area contributed by atoms with E-state index in [1.807, 2.05) is 0 Å². The highest BCUT2D eigenvalue weighted by Crippen LogP contribution is 2.38. The van der Waals surface area contributed by atoms with Gasteiger partial charge < -0.3 is 9.64 Å². The van der Waals surface area contributed by atoms with Gasteiger partial charge in [0, 0.05) is 17.1 Å². The SMILES string of the molecule is c1ccc(-c2ccc(N(c3ccccc3)c3ccc4c(c3)[Si]3(c5ccccc5O4)c4ccccc4[Si](c4ccccc4)(c4ccccc4)c4ccccc43)cc2)cc1. The van der Waals surface area contributed by atoms with E-state index in [9.17, 15) is 0 Å². The third kappa shape index (κ3) is 5.09. The highest BCUT2D eigenvalue weighted by molar-refractivity contribution is 7.33. The normalized spacial score (nSPS) is 13.9. The molecule has 9 aromatic carbocycles. The monoisotopic (exact) mass is 773 g/mol. The van der Waals surface area contributed by atoms with Crippen LogP contribution in [0.3, 0.4) is 0 Å². The van der Waals surface area contributed by atoms with Gasteiger partial charge in [0.1, 0.15) is 11.5 Å². The topological polar surface area (TPSA) is 12.5 Å². The van der Waals surface area contributed by atoms with E-state index in [4.69, 9.17) is 4.74 Å². The zero-order valence-electron chi connectivity index (χ0n) is 31.9. The number of hydrogen-bond donors (Lipinski definition) is 0. The van der Waals surface area contributed by atoms with Crippen LogP contribution in [0.4, 0.5) is 17.1 Å². The van der Waals surface area contributed by atoms with Crippen molar-refractivity contribution >= 4 is 74.7 Å². The van der Waals surface area contributed by atoms with Gasteiger partial charge in [0.25, 0.3) is 0 Å². The number of benzene rings is 9. The van der Waals surface area contributed by atoms with Crippen LogP contribution in [0.5, 0.6) is 11.5 Å². The van der Waals surface area contributed by atoms with Crippen molar-refractivity contribution in [3.63, 3.8) is 0 Å². The van der Waals surface area contributed by atoms with E-state index in [1.54, 1.807) is 0 Å². The first-order valence-electron chi connectivity index (χ1n) is 20.0. The quantitative estimate of drug-likeness (QED) is 0.159. The molecule has 0 N–H and O–H groups in total. The average molecular weight is 774 g/mol. The lowest BCUT2D eigenvalue weighted by atomic mass is 10.0. The summed E-state index contributed by atoms with van der Waals surface area (Å²) in [7, 11) is -5.88. The molecule has 2 heterocycles. The number of hydrogen-bond acceptors (Lipinski definition) is 2. The summed E-state index contributed by atoms with van der Waals surface area (Å²) in [5, 5.41) is 11.2. The van der Waals surface area contributed by atoms with Crippen molar-refractivity contribution in [1.82, 2.24) is 0 Å². The Morgan fingerprint density at radius 3 is 1.24 bits per heavy atom. The molecule has 0 saturated carbocycles. The molecule has 274 valence electrons. The van der Waals surface area contributed by atoms with Gasteiger partial charge in [-0.25, -0.2) is 0 Å². The first kappa shape index (κ1) is 34.3. The minimum atomic E-state index is -3.06. The standard InChI is InChI=1S/C54H39NOSi2/c1-5-19-40(20-6-1)41-33-35-43(36-34-41)55(42-21-7-2-8-22-42)44-37-38-48-54(39-44)58(49-28-14-13-27-47(49)56-48)52-31-17-15-29-50(52)57(45-23-9-3-10-24-45,46-25-11-4-12-26-46)51-30-16-18-32-53(51)58/h1-39H. The van der Waals surface area contributed by atoms with Crippen LogP contribution in [-0.2, 0) is 0 Å². The Bertz CT molecular complexity index is 2830. The fourth-order valence-electron chi connectivity index (χ4n) is 9.94. The summed E-state index contributed by atoms with van der Waals surface area (Å²) in [6.07, 6.45) is 0. The molecule has 1 spiro atoms. The maximum Gasteiger partial charge on any atom is 0.188 e. The van der Waals surface area contributed by atoms with E-state index in [1.165, 1.54) is 52.6 Å². The Kier molecular flexibility index (Phi) is 8.21. The van der Waals surface area contributed by atoms with Gasteiger partial charge in [-0.15, -0.1) is 0 Å². The summed E-state index contributed by atoms with van der Waals surface area (Å²) < 4.78 is 6.99. The Hall–Kier alpha value is -6.99. The number of anilines is 3. The van der Waals surface area contributed by atoms with E-state index in [0.29, 0.717) is 0 Å². The fraction of sp³-hybridized carbons (Fsp3) is 0. The van der Waals surface area contributed by atoms with Gasteiger partial charge in [-0.05, 0) is 101 Å². The van der Waals surface area contributed by atoms with E-state index >= 15 is 0 Å².